The fraction of sp³-hybridized carbons (Fsp3) is 0.240. The van der Waals surface area contributed by atoms with Gasteiger partial charge in [0.25, 0.3) is 5.91 Å². The highest BCUT2D eigenvalue weighted by Gasteiger charge is 2.43. The number of rotatable bonds is 3. The number of carbonyl (C=O) groups is 1. The van der Waals surface area contributed by atoms with Gasteiger partial charge in [-0.3, -0.25) is 9.69 Å². The second kappa shape index (κ2) is 7.86. The molecule has 2 aliphatic rings. The number of fused-ring (bicyclic) bond motifs is 4. The van der Waals surface area contributed by atoms with Crippen molar-refractivity contribution in [2.45, 2.75) is 19.0 Å². The van der Waals surface area contributed by atoms with Gasteiger partial charge in [0.15, 0.2) is 11.6 Å². The van der Waals surface area contributed by atoms with Crippen LogP contribution in [0, 0.1) is 0 Å². The van der Waals surface area contributed by atoms with Crippen molar-refractivity contribution in [2.24, 2.45) is 0 Å². The monoisotopic (exact) mass is 459 g/mol. The number of aromatic nitrogens is 3. The normalized spacial score (nSPS) is 18.8. The molecule has 1 fully saturated rings. The molecule has 6 rings (SSSR count). The first-order chi connectivity index (χ1) is 16.1. The Morgan fingerprint density at radius 3 is 2.88 bits per heavy atom. The van der Waals surface area contributed by atoms with Crippen LogP contribution in [0.3, 0.4) is 0 Å². The van der Waals surface area contributed by atoms with E-state index < -0.39 is 6.04 Å². The summed E-state index contributed by atoms with van der Waals surface area (Å²) in [7, 11) is 0. The van der Waals surface area contributed by atoms with Gasteiger partial charge in [0.05, 0.1) is 25.5 Å². The summed E-state index contributed by atoms with van der Waals surface area (Å²) in [6, 6.07) is 15.0. The lowest BCUT2D eigenvalue weighted by molar-refractivity contribution is -0.123. The minimum atomic E-state index is -0.410. The van der Waals surface area contributed by atoms with Gasteiger partial charge in [-0.05, 0) is 36.8 Å². The van der Waals surface area contributed by atoms with Crippen LogP contribution in [0.15, 0.2) is 60.9 Å². The molecule has 2 aromatic heterocycles. The molecule has 0 bridgehead atoms. The number of hydrogen-bond donors (Lipinski definition) is 1. The number of amides is 1. The molecule has 1 amide bonds. The number of carbonyl (C=O) groups excluding carboxylic acids is 1. The van der Waals surface area contributed by atoms with Crippen LogP contribution in [0.5, 0.6) is 0 Å². The number of benzene rings is 2. The lowest BCUT2D eigenvalue weighted by atomic mass is 10.0. The fourth-order valence-corrected chi connectivity index (χ4v) is 4.91. The first-order valence-corrected chi connectivity index (χ1v) is 11.4. The number of aromatic amines is 1. The number of anilines is 2. The van der Waals surface area contributed by atoms with Gasteiger partial charge in [-0.25, -0.2) is 9.97 Å². The van der Waals surface area contributed by atoms with Crippen LogP contribution >= 0.6 is 11.6 Å². The zero-order valence-corrected chi connectivity index (χ0v) is 18.8. The average Bonchev–Trinajstić information content (AvgIpc) is 3.34. The molecular weight excluding hydrogens is 438 g/mol. The molecular formula is C25H22ClN5O2. The van der Waals surface area contributed by atoms with E-state index in [4.69, 9.17) is 26.3 Å². The molecule has 2 atom stereocenters. The standard InChI is InChI=1S/C25H22ClN5O2/c1-15(16-5-7-17(26)8-6-16)31-21-13-28-23(19-3-2-4-20-18(19)9-10-27-20)29-24(21)30-11-12-33-14-22(30)25(31)32/h2-10,13,15,22,27H,11-12,14H2,1H3/t15-,22-/m0/s1. The summed E-state index contributed by atoms with van der Waals surface area (Å²) in [6.45, 7) is 3.52. The van der Waals surface area contributed by atoms with E-state index in [0.717, 1.165) is 27.8 Å². The lowest BCUT2D eigenvalue weighted by Gasteiger charge is -2.45. The average molecular weight is 460 g/mol. The quantitative estimate of drug-likeness (QED) is 0.485. The zero-order valence-electron chi connectivity index (χ0n) is 18.0. The van der Waals surface area contributed by atoms with Crippen LogP contribution in [0.25, 0.3) is 22.3 Å². The van der Waals surface area contributed by atoms with E-state index in [-0.39, 0.29) is 11.9 Å². The van der Waals surface area contributed by atoms with Crippen LogP contribution in [-0.4, -0.2) is 46.7 Å². The van der Waals surface area contributed by atoms with Crippen molar-refractivity contribution in [3.8, 4) is 11.4 Å². The van der Waals surface area contributed by atoms with E-state index in [1.807, 2.05) is 61.7 Å². The predicted octanol–water partition coefficient (Wildman–Crippen LogP) is 4.59. The van der Waals surface area contributed by atoms with Gasteiger partial charge in [-0.15, -0.1) is 0 Å². The number of nitrogens with zero attached hydrogens (tertiary/aromatic N) is 4. The first-order valence-electron chi connectivity index (χ1n) is 11.0. The highest BCUT2D eigenvalue weighted by molar-refractivity contribution is 6.30. The number of ether oxygens (including phenoxy) is 1. The van der Waals surface area contributed by atoms with Crippen molar-refractivity contribution in [1.29, 1.82) is 0 Å². The van der Waals surface area contributed by atoms with Gasteiger partial charge in [-0.1, -0.05) is 35.9 Å². The number of nitrogens with one attached hydrogen (secondary N) is 1. The molecule has 2 aliphatic heterocycles. The molecule has 0 radical (unpaired) electrons. The highest BCUT2D eigenvalue weighted by atomic mass is 35.5. The maximum absolute atomic E-state index is 13.6. The number of halogens is 1. The third kappa shape index (κ3) is 3.27. The van der Waals surface area contributed by atoms with Crippen LogP contribution in [0.4, 0.5) is 11.5 Å². The summed E-state index contributed by atoms with van der Waals surface area (Å²) in [4.78, 5) is 30.4. The summed E-state index contributed by atoms with van der Waals surface area (Å²) in [6.07, 6.45) is 3.69. The van der Waals surface area contributed by atoms with Crippen molar-refractivity contribution < 1.29 is 9.53 Å². The van der Waals surface area contributed by atoms with Crippen molar-refractivity contribution >= 4 is 39.9 Å². The lowest BCUT2D eigenvalue weighted by Crippen LogP contribution is -2.59. The Balaban J connectivity index is 1.49. The number of morpholine rings is 1. The summed E-state index contributed by atoms with van der Waals surface area (Å²) in [5.74, 6) is 1.40. The van der Waals surface area contributed by atoms with Crippen molar-refractivity contribution in [2.75, 3.05) is 29.6 Å². The van der Waals surface area contributed by atoms with E-state index in [1.165, 1.54) is 0 Å². The molecule has 8 heteroatoms. The maximum Gasteiger partial charge on any atom is 0.252 e. The molecule has 1 saturated heterocycles. The Kier molecular flexibility index (Phi) is 4.81. The molecule has 0 spiro atoms. The summed E-state index contributed by atoms with van der Waals surface area (Å²) in [5.41, 5.74) is 3.69. The van der Waals surface area contributed by atoms with Gasteiger partial charge in [-0.2, -0.15) is 0 Å². The molecule has 0 saturated carbocycles. The number of hydrogen-bond acceptors (Lipinski definition) is 5. The first kappa shape index (κ1) is 20.2. The van der Waals surface area contributed by atoms with Crippen LogP contribution < -0.4 is 9.80 Å². The maximum atomic E-state index is 13.6. The fourth-order valence-electron chi connectivity index (χ4n) is 4.79. The summed E-state index contributed by atoms with van der Waals surface area (Å²) in [5, 5.41) is 1.73. The SMILES string of the molecule is C[C@@H](c1ccc(Cl)cc1)N1C(=O)[C@@H]2COCCN2c2nc(-c3cccc4[nH]ccc34)ncc21. The molecule has 166 valence electrons. The summed E-state index contributed by atoms with van der Waals surface area (Å²) < 4.78 is 5.68. The topological polar surface area (TPSA) is 74.3 Å². The zero-order chi connectivity index (χ0) is 22.5. The Bertz CT molecular complexity index is 1350. The second-order valence-electron chi connectivity index (χ2n) is 8.37. The largest absolute Gasteiger partial charge is 0.377 e. The van der Waals surface area contributed by atoms with E-state index in [1.54, 1.807) is 11.1 Å². The molecule has 1 N–H and O–H groups in total. The van der Waals surface area contributed by atoms with Gasteiger partial charge >= 0.3 is 0 Å². The smallest absolute Gasteiger partial charge is 0.252 e. The highest BCUT2D eigenvalue weighted by Crippen LogP contribution is 2.41. The van der Waals surface area contributed by atoms with E-state index in [0.29, 0.717) is 36.3 Å². The molecule has 4 heterocycles. The molecule has 2 aromatic carbocycles. The van der Waals surface area contributed by atoms with Crippen molar-refractivity contribution in [1.82, 2.24) is 15.0 Å². The number of H-pyrrole nitrogens is 1. The minimum Gasteiger partial charge on any atom is -0.377 e. The van der Waals surface area contributed by atoms with Crippen LogP contribution in [0.2, 0.25) is 5.02 Å². The molecule has 7 nitrogen and oxygen atoms in total. The van der Waals surface area contributed by atoms with Crippen LogP contribution in [-0.2, 0) is 9.53 Å². The van der Waals surface area contributed by atoms with Crippen molar-refractivity contribution in [3.05, 3.63) is 71.5 Å². The molecule has 33 heavy (non-hydrogen) atoms. The Morgan fingerprint density at radius 2 is 2.03 bits per heavy atom. The van der Waals surface area contributed by atoms with Crippen molar-refractivity contribution in [3.63, 3.8) is 0 Å². The Hall–Kier alpha value is -3.42. The Labute approximate surface area is 196 Å². The molecule has 0 aliphatic carbocycles. The molecule has 0 unspecified atom stereocenters. The van der Waals surface area contributed by atoms with Gasteiger partial charge < -0.3 is 14.6 Å². The van der Waals surface area contributed by atoms with Gasteiger partial charge in [0.2, 0.25) is 0 Å². The Morgan fingerprint density at radius 1 is 1.18 bits per heavy atom. The minimum absolute atomic E-state index is 0.00580. The predicted molar refractivity (Wildman–Crippen MR) is 129 cm³/mol. The van der Waals surface area contributed by atoms with Gasteiger partial charge in [0, 0.05) is 34.2 Å². The van der Waals surface area contributed by atoms with E-state index >= 15 is 0 Å². The third-order valence-electron chi connectivity index (χ3n) is 6.51. The summed E-state index contributed by atoms with van der Waals surface area (Å²) >= 11 is 6.09. The van der Waals surface area contributed by atoms with E-state index in [9.17, 15) is 4.79 Å². The van der Waals surface area contributed by atoms with Gasteiger partial charge in [0.1, 0.15) is 11.7 Å². The van der Waals surface area contributed by atoms with E-state index in [2.05, 4.69) is 9.88 Å². The third-order valence-corrected chi connectivity index (χ3v) is 6.76. The second-order valence-corrected chi connectivity index (χ2v) is 8.80. The van der Waals surface area contributed by atoms with Crippen LogP contribution in [0.1, 0.15) is 18.5 Å². The molecule has 4 aromatic rings.